The molecule has 0 spiro atoms. The van der Waals surface area contributed by atoms with Crippen molar-refractivity contribution in [3.05, 3.63) is 29.8 Å². The van der Waals surface area contributed by atoms with Crippen molar-refractivity contribution < 1.29 is 8.42 Å². The average molecular weight is 333 g/mol. The minimum absolute atomic E-state index is 0.214. The van der Waals surface area contributed by atoms with Crippen molar-refractivity contribution >= 4 is 10.0 Å². The van der Waals surface area contributed by atoms with Crippen LogP contribution in [0.15, 0.2) is 29.2 Å². The average Bonchev–Trinajstić information content (AvgIpc) is 2.48. The first-order valence-corrected chi connectivity index (χ1v) is 9.50. The van der Waals surface area contributed by atoms with E-state index >= 15 is 0 Å². The molecule has 0 radical (unpaired) electrons. The molecule has 2 saturated heterocycles. The molecule has 0 bridgehead atoms. The molecule has 5 nitrogen and oxygen atoms in total. The van der Waals surface area contributed by atoms with E-state index in [-0.39, 0.29) is 5.41 Å². The molecule has 1 aromatic rings. The Bertz CT molecular complexity index is 707. The molecule has 0 saturated carbocycles. The van der Waals surface area contributed by atoms with Gasteiger partial charge in [-0.3, -0.25) is 4.90 Å². The quantitative estimate of drug-likeness (QED) is 0.848. The lowest BCUT2D eigenvalue weighted by molar-refractivity contribution is 0.0469. The summed E-state index contributed by atoms with van der Waals surface area (Å²) in [5.74, 6) is 0. The molecule has 3 rings (SSSR count). The Kier molecular flexibility index (Phi) is 4.21. The van der Waals surface area contributed by atoms with Crippen LogP contribution in [0.3, 0.4) is 0 Å². The van der Waals surface area contributed by atoms with E-state index < -0.39 is 10.0 Å². The van der Waals surface area contributed by atoms with E-state index in [2.05, 4.69) is 11.0 Å². The van der Waals surface area contributed by atoms with Gasteiger partial charge in [-0.1, -0.05) is 17.7 Å². The molecule has 0 unspecified atom stereocenters. The maximum Gasteiger partial charge on any atom is 0.243 e. The van der Waals surface area contributed by atoms with Gasteiger partial charge in [0.05, 0.1) is 16.4 Å². The highest BCUT2D eigenvalue weighted by Gasteiger charge is 2.42. The van der Waals surface area contributed by atoms with Gasteiger partial charge in [-0.15, -0.1) is 0 Å². The zero-order valence-electron chi connectivity index (χ0n) is 13.7. The Morgan fingerprint density at radius 3 is 2.26 bits per heavy atom. The predicted octanol–water partition coefficient (Wildman–Crippen LogP) is 1.99. The number of rotatable bonds is 3. The van der Waals surface area contributed by atoms with Gasteiger partial charge in [0.15, 0.2) is 0 Å². The molecule has 0 N–H and O–H groups in total. The normalized spacial score (nSPS) is 23.2. The highest BCUT2D eigenvalue weighted by molar-refractivity contribution is 7.89. The van der Waals surface area contributed by atoms with E-state index in [1.54, 1.807) is 16.4 Å². The van der Waals surface area contributed by atoms with E-state index in [4.69, 9.17) is 0 Å². The van der Waals surface area contributed by atoms with Crippen LogP contribution in [0.2, 0.25) is 0 Å². The number of nitrogens with zero attached hydrogens (tertiary/aromatic N) is 3. The van der Waals surface area contributed by atoms with Gasteiger partial charge in [0.1, 0.15) is 0 Å². The lowest BCUT2D eigenvalue weighted by Gasteiger charge is -2.47. The van der Waals surface area contributed by atoms with Crippen LogP contribution in [-0.4, -0.2) is 49.8 Å². The van der Waals surface area contributed by atoms with Gasteiger partial charge >= 0.3 is 0 Å². The largest absolute Gasteiger partial charge is 0.298 e. The molecule has 6 heteroatoms. The van der Waals surface area contributed by atoms with Crippen molar-refractivity contribution in [2.24, 2.45) is 5.41 Å². The molecule has 2 aliphatic rings. The monoisotopic (exact) mass is 333 g/mol. The van der Waals surface area contributed by atoms with Crippen LogP contribution in [0.1, 0.15) is 25.3 Å². The first-order chi connectivity index (χ1) is 10.8. The molecule has 0 aromatic heterocycles. The third-order valence-electron chi connectivity index (χ3n) is 5.18. The number of hydrogen-bond acceptors (Lipinski definition) is 4. The van der Waals surface area contributed by atoms with Crippen molar-refractivity contribution in [3.8, 4) is 6.07 Å². The van der Waals surface area contributed by atoms with Gasteiger partial charge in [-0.2, -0.15) is 9.57 Å². The fraction of sp³-hybridized carbons (Fsp3) is 0.588. The van der Waals surface area contributed by atoms with Gasteiger partial charge in [0.25, 0.3) is 0 Å². The molecular formula is C17H23N3O2S. The fourth-order valence-electron chi connectivity index (χ4n) is 3.20. The summed E-state index contributed by atoms with van der Waals surface area (Å²) in [5, 5.41) is 9.18. The highest BCUT2D eigenvalue weighted by atomic mass is 32.2. The van der Waals surface area contributed by atoms with Gasteiger partial charge in [-0.05, 0) is 38.8 Å². The molecule has 2 heterocycles. The second kappa shape index (κ2) is 5.90. The lowest BCUT2D eigenvalue weighted by Crippen LogP contribution is -2.62. The Balaban J connectivity index is 1.59. The summed E-state index contributed by atoms with van der Waals surface area (Å²) >= 11 is 0. The standard InChI is InChI=1S/C17H23N3O2S/c1-14-3-5-16(6-4-14)23(21,22)20-11-15(12-20)19-9-7-17(2,13-18)8-10-19/h3-6,15H,7-12H2,1-2H3. The molecule has 2 fully saturated rings. The third-order valence-corrected chi connectivity index (χ3v) is 7.02. The van der Waals surface area contributed by atoms with Crippen molar-refractivity contribution in [3.63, 3.8) is 0 Å². The highest BCUT2D eigenvalue weighted by Crippen LogP contribution is 2.33. The number of benzene rings is 1. The third kappa shape index (κ3) is 3.14. The van der Waals surface area contributed by atoms with Crippen molar-refractivity contribution in [1.29, 1.82) is 5.26 Å². The van der Waals surface area contributed by atoms with E-state index in [1.165, 1.54) is 0 Å². The van der Waals surface area contributed by atoms with Gasteiger partial charge in [0.2, 0.25) is 10.0 Å². The van der Waals surface area contributed by atoms with Gasteiger partial charge in [-0.25, -0.2) is 8.42 Å². The SMILES string of the molecule is Cc1ccc(S(=O)(=O)N2CC(N3CCC(C)(C#N)CC3)C2)cc1. The minimum Gasteiger partial charge on any atom is -0.298 e. The van der Waals surface area contributed by atoms with Crippen molar-refractivity contribution in [2.45, 2.75) is 37.6 Å². The molecule has 0 amide bonds. The van der Waals surface area contributed by atoms with E-state index in [0.29, 0.717) is 24.0 Å². The number of piperidine rings is 1. The summed E-state index contributed by atoms with van der Waals surface area (Å²) in [6.07, 6.45) is 1.73. The number of hydrogen-bond donors (Lipinski definition) is 0. The minimum atomic E-state index is -3.36. The maximum atomic E-state index is 12.6. The summed E-state index contributed by atoms with van der Waals surface area (Å²) in [4.78, 5) is 2.71. The molecule has 2 aliphatic heterocycles. The molecule has 0 aliphatic carbocycles. The molecule has 124 valence electrons. The zero-order chi connectivity index (χ0) is 16.7. The van der Waals surface area contributed by atoms with Gasteiger partial charge < -0.3 is 0 Å². The number of likely N-dealkylation sites (tertiary alicyclic amines) is 1. The maximum absolute atomic E-state index is 12.6. The van der Waals surface area contributed by atoms with Crippen LogP contribution >= 0.6 is 0 Å². The molecule has 0 atom stereocenters. The smallest absolute Gasteiger partial charge is 0.243 e. The topological polar surface area (TPSA) is 64.4 Å². The molecule has 1 aromatic carbocycles. The van der Waals surface area contributed by atoms with Crippen LogP contribution in [-0.2, 0) is 10.0 Å². The number of nitriles is 1. The first kappa shape index (κ1) is 16.4. The van der Waals surface area contributed by atoms with E-state index in [1.807, 2.05) is 26.0 Å². The second-order valence-corrected chi connectivity index (χ2v) is 8.94. The van der Waals surface area contributed by atoms with Crippen LogP contribution < -0.4 is 0 Å². The van der Waals surface area contributed by atoms with Crippen LogP contribution in [0.5, 0.6) is 0 Å². The van der Waals surface area contributed by atoms with Crippen molar-refractivity contribution in [2.75, 3.05) is 26.2 Å². The molecular weight excluding hydrogens is 310 g/mol. The summed E-state index contributed by atoms with van der Waals surface area (Å²) < 4.78 is 26.7. The zero-order valence-corrected chi connectivity index (χ0v) is 14.5. The summed E-state index contributed by atoms with van der Waals surface area (Å²) in [6, 6.07) is 9.71. The Hall–Kier alpha value is -1.42. The summed E-state index contributed by atoms with van der Waals surface area (Å²) in [7, 11) is -3.36. The summed E-state index contributed by atoms with van der Waals surface area (Å²) in [5.41, 5.74) is 0.841. The predicted molar refractivity (Wildman–Crippen MR) is 88.3 cm³/mol. The van der Waals surface area contributed by atoms with Crippen LogP contribution in [0, 0.1) is 23.7 Å². The first-order valence-electron chi connectivity index (χ1n) is 8.06. The van der Waals surface area contributed by atoms with E-state index in [0.717, 1.165) is 31.5 Å². The lowest BCUT2D eigenvalue weighted by atomic mass is 9.81. The molecule has 23 heavy (non-hydrogen) atoms. The van der Waals surface area contributed by atoms with Gasteiger partial charge in [0, 0.05) is 32.2 Å². The second-order valence-electron chi connectivity index (χ2n) is 7.00. The Labute approximate surface area is 138 Å². The Morgan fingerprint density at radius 2 is 1.74 bits per heavy atom. The van der Waals surface area contributed by atoms with E-state index in [9.17, 15) is 13.7 Å². The Morgan fingerprint density at radius 1 is 1.17 bits per heavy atom. The summed E-state index contributed by atoms with van der Waals surface area (Å²) in [6.45, 7) is 6.83. The fourth-order valence-corrected chi connectivity index (χ4v) is 4.71. The van der Waals surface area contributed by atoms with Crippen LogP contribution in [0.25, 0.3) is 0 Å². The van der Waals surface area contributed by atoms with Crippen LogP contribution in [0.4, 0.5) is 0 Å². The van der Waals surface area contributed by atoms with Crippen molar-refractivity contribution in [1.82, 2.24) is 9.21 Å². The number of sulfonamides is 1. The number of aryl methyl sites for hydroxylation is 1.